The lowest BCUT2D eigenvalue weighted by Crippen LogP contribution is -2.49. The third-order valence-electron chi connectivity index (χ3n) is 11.0. The normalized spacial score (nSPS) is 18.3. The van der Waals surface area contributed by atoms with Crippen molar-refractivity contribution in [3.8, 4) is 17.1 Å². The maximum Gasteiger partial charge on any atom is 0.411 e. The molecule has 0 spiro atoms. The van der Waals surface area contributed by atoms with Gasteiger partial charge in [0.15, 0.2) is 0 Å². The Kier molecular flexibility index (Phi) is 10.0. The van der Waals surface area contributed by atoms with E-state index in [-0.39, 0.29) is 92.4 Å². The van der Waals surface area contributed by atoms with Gasteiger partial charge in [0.25, 0.3) is 5.56 Å². The number of phenols is 1. The number of aryl methyl sites for hydroxylation is 1. The third kappa shape index (κ3) is 6.60. The molecule has 0 aliphatic carbocycles. The Bertz CT molecular complexity index is 2360. The number of carbonyl (C=O) groups is 5. The van der Waals surface area contributed by atoms with Crippen molar-refractivity contribution in [1.29, 1.82) is 0 Å². The number of benzene rings is 2. The van der Waals surface area contributed by atoms with Gasteiger partial charge in [-0.25, -0.2) is 19.4 Å². The van der Waals surface area contributed by atoms with E-state index in [2.05, 4.69) is 0 Å². The van der Waals surface area contributed by atoms with Crippen LogP contribution in [0.1, 0.15) is 67.0 Å². The SMILES string of the molecule is CCc1c2c(nc3ccc(O)cc13)-c1cc3c(c(=O)n1C2)COC(=O)C3(CC)OC(=O)N(C)CCN(C)C(=O)OCc1ccc(CN2C(=O)CC(C)C2=O)cc1. The van der Waals surface area contributed by atoms with Crippen molar-refractivity contribution >= 4 is 40.9 Å². The first kappa shape index (κ1) is 38.0. The van der Waals surface area contributed by atoms with Gasteiger partial charge in [-0.2, -0.15) is 0 Å². The molecular formula is C41H43N5O10. The first-order chi connectivity index (χ1) is 26.8. The lowest BCUT2D eigenvalue weighted by molar-refractivity contribution is -0.173. The molecule has 4 amide bonds. The Labute approximate surface area is 322 Å². The Hall–Kier alpha value is -6.25. The molecule has 0 radical (unpaired) electrons. The molecule has 2 aromatic carbocycles. The van der Waals surface area contributed by atoms with Gasteiger partial charge in [0.1, 0.15) is 19.0 Å². The molecule has 5 heterocycles. The monoisotopic (exact) mass is 765 g/mol. The number of cyclic esters (lactones) is 1. The van der Waals surface area contributed by atoms with E-state index in [1.807, 2.05) is 6.92 Å². The Morgan fingerprint density at radius 2 is 1.66 bits per heavy atom. The van der Waals surface area contributed by atoms with Crippen LogP contribution in [-0.4, -0.2) is 86.5 Å². The minimum Gasteiger partial charge on any atom is -0.508 e. The second-order valence-corrected chi connectivity index (χ2v) is 14.5. The zero-order chi connectivity index (χ0) is 40.1. The molecule has 1 N–H and O–H groups in total. The van der Waals surface area contributed by atoms with Crippen LogP contribution >= 0.6 is 0 Å². The number of hydrogen-bond acceptors (Lipinski definition) is 11. The standard InChI is InChI=1S/C41H43N5O10/c1-6-27-28-17-26(47)12-13-32(28)42-35-29(27)20-45-33(35)18-31-30(37(45)50)22-54-38(51)41(31,7-2)56-40(53)44(5)15-14-43(4)39(52)55-21-25-10-8-24(9-11-25)19-46-34(48)16-23(3)36(46)49/h8-13,17-18,23,47H,6-7,14-16,19-22H2,1-5H3. The molecule has 15 heteroatoms. The fraction of sp³-hybridized carbons (Fsp3) is 0.390. The Morgan fingerprint density at radius 3 is 2.32 bits per heavy atom. The molecule has 0 saturated carbocycles. The smallest absolute Gasteiger partial charge is 0.411 e. The van der Waals surface area contributed by atoms with E-state index in [4.69, 9.17) is 19.2 Å². The van der Waals surface area contributed by atoms with Gasteiger partial charge in [-0.05, 0) is 53.8 Å². The molecule has 2 unspecified atom stereocenters. The van der Waals surface area contributed by atoms with E-state index in [0.29, 0.717) is 28.9 Å². The van der Waals surface area contributed by atoms with Crippen LogP contribution in [0.25, 0.3) is 22.3 Å². The summed E-state index contributed by atoms with van der Waals surface area (Å²) >= 11 is 0. The quantitative estimate of drug-likeness (QED) is 0.120. The van der Waals surface area contributed by atoms with E-state index >= 15 is 0 Å². The van der Waals surface area contributed by atoms with Gasteiger partial charge in [-0.15, -0.1) is 0 Å². The van der Waals surface area contributed by atoms with Crippen LogP contribution in [-0.2, 0) is 66.9 Å². The predicted octanol–water partition coefficient (Wildman–Crippen LogP) is 4.59. The van der Waals surface area contributed by atoms with Crippen LogP contribution in [0.15, 0.2) is 53.3 Å². The van der Waals surface area contributed by atoms with Crippen LogP contribution in [0.4, 0.5) is 9.59 Å². The summed E-state index contributed by atoms with van der Waals surface area (Å²) in [7, 11) is 2.99. The van der Waals surface area contributed by atoms with E-state index in [1.165, 1.54) is 28.8 Å². The number of phenolic OH excluding ortho intramolecular Hbond substituents is 1. The zero-order valence-corrected chi connectivity index (χ0v) is 31.9. The molecule has 2 atom stereocenters. The topological polar surface area (TPSA) is 178 Å². The number of rotatable bonds is 10. The van der Waals surface area contributed by atoms with Gasteiger partial charge in [0.05, 0.1) is 35.6 Å². The van der Waals surface area contributed by atoms with Crippen molar-refractivity contribution in [2.24, 2.45) is 5.92 Å². The van der Waals surface area contributed by atoms with Gasteiger partial charge in [0.2, 0.25) is 17.4 Å². The van der Waals surface area contributed by atoms with Crippen LogP contribution < -0.4 is 5.56 Å². The van der Waals surface area contributed by atoms with E-state index in [0.717, 1.165) is 22.1 Å². The van der Waals surface area contributed by atoms with Crippen LogP contribution in [0.3, 0.4) is 0 Å². The largest absolute Gasteiger partial charge is 0.508 e. The molecule has 3 aliphatic rings. The van der Waals surface area contributed by atoms with E-state index < -0.39 is 23.8 Å². The maximum absolute atomic E-state index is 14.0. The first-order valence-corrected chi connectivity index (χ1v) is 18.6. The van der Waals surface area contributed by atoms with Crippen molar-refractivity contribution in [2.75, 3.05) is 27.2 Å². The van der Waals surface area contributed by atoms with Gasteiger partial charge in [-0.3, -0.25) is 19.3 Å². The molecule has 2 aromatic heterocycles. The molecule has 1 fully saturated rings. The number of pyridine rings is 2. The second-order valence-electron chi connectivity index (χ2n) is 14.5. The number of fused-ring (bicyclic) bond motifs is 5. The van der Waals surface area contributed by atoms with E-state index in [9.17, 15) is 33.9 Å². The first-order valence-electron chi connectivity index (χ1n) is 18.6. The summed E-state index contributed by atoms with van der Waals surface area (Å²) in [5.74, 6) is -1.38. The fourth-order valence-corrected chi connectivity index (χ4v) is 7.61. The molecular weight excluding hydrogens is 722 g/mol. The highest BCUT2D eigenvalue weighted by Gasteiger charge is 2.51. The minimum absolute atomic E-state index is 0.0142. The summed E-state index contributed by atoms with van der Waals surface area (Å²) in [6.07, 6.45) is -0.660. The number of ether oxygens (including phenoxy) is 3. The number of carbonyl (C=O) groups excluding carboxylic acids is 5. The summed E-state index contributed by atoms with van der Waals surface area (Å²) in [5, 5.41) is 11.0. The molecule has 7 rings (SSSR count). The van der Waals surface area contributed by atoms with Crippen LogP contribution in [0.5, 0.6) is 5.75 Å². The number of likely N-dealkylation sites (tertiary alicyclic amines) is 1. The molecule has 15 nitrogen and oxygen atoms in total. The minimum atomic E-state index is -1.91. The van der Waals surface area contributed by atoms with Gasteiger partial charge < -0.3 is 33.7 Å². The summed E-state index contributed by atoms with van der Waals surface area (Å²) < 4.78 is 18.5. The lowest BCUT2D eigenvalue weighted by Gasteiger charge is -2.36. The number of hydrogen-bond donors (Lipinski definition) is 1. The average molecular weight is 766 g/mol. The molecule has 3 aliphatic heterocycles. The molecule has 1 saturated heterocycles. The van der Waals surface area contributed by atoms with Crippen molar-refractivity contribution in [3.63, 3.8) is 0 Å². The van der Waals surface area contributed by atoms with Gasteiger partial charge >= 0.3 is 18.2 Å². The Morgan fingerprint density at radius 1 is 0.964 bits per heavy atom. The molecule has 4 aromatic rings. The number of imide groups is 1. The highest BCUT2D eigenvalue weighted by molar-refractivity contribution is 6.03. The number of amides is 4. The summed E-state index contributed by atoms with van der Waals surface area (Å²) in [6, 6.07) is 13.7. The number of aromatic hydroxyl groups is 1. The second kappa shape index (κ2) is 14.8. The highest BCUT2D eigenvalue weighted by Crippen LogP contribution is 2.42. The van der Waals surface area contributed by atoms with Crippen molar-refractivity contribution in [2.45, 2.75) is 71.9 Å². The summed E-state index contributed by atoms with van der Waals surface area (Å²) in [4.78, 5) is 87.0. The predicted molar refractivity (Wildman–Crippen MR) is 201 cm³/mol. The molecule has 292 valence electrons. The van der Waals surface area contributed by atoms with Gasteiger partial charge in [0, 0.05) is 56.0 Å². The Balaban J connectivity index is 1.01. The number of nitrogens with zero attached hydrogens (tertiary/aromatic N) is 5. The highest BCUT2D eigenvalue weighted by atomic mass is 16.6. The van der Waals surface area contributed by atoms with Crippen molar-refractivity contribution < 1.29 is 43.3 Å². The van der Waals surface area contributed by atoms with Crippen molar-refractivity contribution in [1.82, 2.24) is 24.3 Å². The zero-order valence-electron chi connectivity index (χ0n) is 31.9. The third-order valence-corrected chi connectivity index (χ3v) is 11.0. The average Bonchev–Trinajstić information content (AvgIpc) is 3.67. The van der Waals surface area contributed by atoms with Crippen LogP contribution in [0.2, 0.25) is 0 Å². The number of aromatic nitrogens is 2. The van der Waals surface area contributed by atoms with Crippen molar-refractivity contribution in [3.05, 3.63) is 92.3 Å². The summed E-state index contributed by atoms with van der Waals surface area (Å²) in [6.45, 7) is 5.63. The van der Waals surface area contributed by atoms with Gasteiger partial charge in [-0.1, -0.05) is 45.0 Å². The number of esters is 1. The van der Waals surface area contributed by atoms with E-state index in [1.54, 1.807) is 66.9 Å². The fourth-order valence-electron chi connectivity index (χ4n) is 7.61. The maximum atomic E-state index is 14.0. The number of likely N-dealkylation sites (N-methyl/N-ethyl adjacent to an activating group) is 2. The molecule has 56 heavy (non-hydrogen) atoms. The lowest BCUT2D eigenvalue weighted by atomic mass is 9.85. The molecule has 0 bridgehead atoms. The van der Waals surface area contributed by atoms with Crippen LogP contribution in [0, 0.1) is 5.92 Å². The summed E-state index contributed by atoms with van der Waals surface area (Å²) in [5.41, 5.74) is 3.17.